The average Bonchev–Trinajstić information content (AvgIpc) is 2.42. The molecule has 0 radical (unpaired) electrons. The average molecular weight is 267 g/mol. The smallest absolute Gasteiger partial charge is 0.268 e. The standard InChI is InChI=1S/C13H21N3OS/c17-13-10-12(15-6-2-1-3-7-15)11-14-16(13)8-4-5-9-18/h10-11,18H,1-9H2. The maximum atomic E-state index is 11.9. The quantitative estimate of drug-likeness (QED) is 0.654. The van der Waals surface area contributed by atoms with Crippen molar-refractivity contribution in [2.45, 2.75) is 38.6 Å². The van der Waals surface area contributed by atoms with Crippen molar-refractivity contribution >= 4 is 18.3 Å². The van der Waals surface area contributed by atoms with Gasteiger partial charge in [0.1, 0.15) is 0 Å². The summed E-state index contributed by atoms with van der Waals surface area (Å²) >= 11 is 4.16. The first-order valence-electron chi connectivity index (χ1n) is 6.74. The largest absolute Gasteiger partial charge is 0.370 e. The topological polar surface area (TPSA) is 38.1 Å². The molecule has 1 aliphatic heterocycles. The molecule has 4 nitrogen and oxygen atoms in total. The molecule has 2 rings (SSSR count). The molecule has 0 atom stereocenters. The van der Waals surface area contributed by atoms with Gasteiger partial charge in [-0.15, -0.1) is 0 Å². The van der Waals surface area contributed by atoms with Gasteiger partial charge in [0.25, 0.3) is 5.56 Å². The van der Waals surface area contributed by atoms with Crippen LogP contribution in [0.4, 0.5) is 5.69 Å². The number of nitrogens with zero attached hydrogens (tertiary/aromatic N) is 3. The van der Waals surface area contributed by atoms with E-state index in [0.717, 1.165) is 37.4 Å². The fourth-order valence-corrected chi connectivity index (χ4v) is 2.51. The van der Waals surface area contributed by atoms with Gasteiger partial charge in [-0.25, -0.2) is 4.68 Å². The Kier molecular flexibility index (Phi) is 5.11. The molecule has 0 spiro atoms. The molecule has 0 amide bonds. The van der Waals surface area contributed by atoms with E-state index in [0.29, 0.717) is 6.54 Å². The zero-order valence-electron chi connectivity index (χ0n) is 10.7. The highest BCUT2D eigenvalue weighted by Gasteiger charge is 2.12. The van der Waals surface area contributed by atoms with Crippen molar-refractivity contribution in [1.29, 1.82) is 0 Å². The van der Waals surface area contributed by atoms with Gasteiger partial charge in [-0.1, -0.05) is 0 Å². The van der Waals surface area contributed by atoms with Gasteiger partial charge in [0, 0.05) is 25.7 Å². The maximum absolute atomic E-state index is 11.9. The lowest BCUT2D eigenvalue weighted by atomic mass is 10.1. The van der Waals surface area contributed by atoms with E-state index in [-0.39, 0.29) is 5.56 Å². The molecule has 0 N–H and O–H groups in total. The monoisotopic (exact) mass is 267 g/mol. The summed E-state index contributed by atoms with van der Waals surface area (Å²) in [5.41, 5.74) is 0.988. The molecule has 1 aromatic rings. The minimum Gasteiger partial charge on any atom is -0.370 e. The lowest BCUT2D eigenvalue weighted by Crippen LogP contribution is -2.32. The second kappa shape index (κ2) is 6.83. The van der Waals surface area contributed by atoms with Gasteiger partial charge < -0.3 is 4.90 Å². The van der Waals surface area contributed by atoms with E-state index < -0.39 is 0 Å². The molecule has 1 saturated heterocycles. The Morgan fingerprint density at radius 3 is 2.67 bits per heavy atom. The summed E-state index contributed by atoms with van der Waals surface area (Å²) in [6, 6.07) is 1.72. The molecule has 0 saturated carbocycles. The zero-order valence-corrected chi connectivity index (χ0v) is 11.6. The van der Waals surface area contributed by atoms with Crippen molar-refractivity contribution in [3.05, 3.63) is 22.6 Å². The lowest BCUT2D eigenvalue weighted by molar-refractivity contribution is 0.538. The molecule has 0 unspecified atom stereocenters. The highest BCUT2D eigenvalue weighted by atomic mass is 32.1. The Bertz CT molecular complexity index is 426. The molecule has 100 valence electrons. The molecule has 1 fully saturated rings. The fraction of sp³-hybridized carbons (Fsp3) is 0.692. The SMILES string of the molecule is O=c1cc(N2CCCCC2)cnn1CCCCS. The van der Waals surface area contributed by atoms with Crippen molar-refractivity contribution in [3.63, 3.8) is 0 Å². The van der Waals surface area contributed by atoms with E-state index in [1.165, 1.54) is 19.3 Å². The van der Waals surface area contributed by atoms with Crippen LogP contribution in [0.15, 0.2) is 17.1 Å². The van der Waals surface area contributed by atoms with Gasteiger partial charge >= 0.3 is 0 Å². The number of hydrogen-bond acceptors (Lipinski definition) is 4. The van der Waals surface area contributed by atoms with Crippen molar-refractivity contribution in [2.24, 2.45) is 0 Å². The van der Waals surface area contributed by atoms with Crippen molar-refractivity contribution in [2.75, 3.05) is 23.7 Å². The Balaban J connectivity index is 2.02. The number of unbranched alkanes of at least 4 members (excludes halogenated alkanes) is 1. The number of anilines is 1. The number of rotatable bonds is 5. The summed E-state index contributed by atoms with van der Waals surface area (Å²) in [6.45, 7) is 2.79. The Hall–Kier alpha value is -0.970. The summed E-state index contributed by atoms with van der Waals surface area (Å²) in [6.07, 6.45) is 7.53. The highest BCUT2D eigenvalue weighted by Crippen LogP contribution is 2.16. The summed E-state index contributed by atoms with van der Waals surface area (Å²) in [7, 11) is 0. The predicted octanol–water partition coefficient (Wildman–Crippen LogP) is 1.94. The molecule has 5 heteroatoms. The molecule has 0 aromatic carbocycles. The van der Waals surface area contributed by atoms with E-state index in [9.17, 15) is 4.79 Å². The Labute approximate surface area is 113 Å². The molecule has 0 bridgehead atoms. The summed E-state index contributed by atoms with van der Waals surface area (Å²) in [5, 5.41) is 4.26. The van der Waals surface area contributed by atoms with Crippen LogP contribution in [0, 0.1) is 0 Å². The van der Waals surface area contributed by atoms with Crippen LogP contribution < -0.4 is 10.5 Å². The van der Waals surface area contributed by atoms with Crippen LogP contribution in [0.1, 0.15) is 32.1 Å². The molecule has 18 heavy (non-hydrogen) atoms. The van der Waals surface area contributed by atoms with Crippen LogP contribution >= 0.6 is 12.6 Å². The van der Waals surface area contributed by atoms with Gasteiger partial charge in [0.2, 0.25) is 0 Å². The number of aryl methyl sites for hydroxylation is 1. The predicted molar refractivity (Wildman–Crippen MR) is 77.6 cm³/mol. The Morgan fingerprint density at radius 1 is 1.22 bits per heavy atom. The zero-order chi connectivity index (χ0) is 12.8. The van der Waals surface area contributed by atoms with Crippen LogP contribution in [-0.4, -0.2) is 28.6 Å². The van der Waals surface area contributed by atoms with Gasteiger partial charge in [0.05, 0.1) is 11.9 Å². The molecular weight excluding hydrogens is 246 g/mol. The van der Waals surface area contributed by atoms with E-state index >= 15 is 0 Å². The summed E-state index contributed by atoms with van der Waals surface area (Å²) < 4.78 is 1.55. The first kappa shape index (κ1) is 13.5. The van der Waals surface area contributed by atoms with Gasteiger partial charge in [-0.05, 0) is 37.9 Å². The molecule has 2 heterocycles. The van der Waals surface area contributed by atoms with Crippen molar-refractivity contribution < 1.29 is 0 Å². The minimum absolute atomic E-state index is 0.0113. The second-order valence-corrected chi connectivity index (χ2v) is 5.20. The van der Waals surface area contributed by atoms with Crippen LogP contribution in [0.2, 0.25) is 0 Å². The molecule has 1 aromatic heterocycles. The van der Waals surface area contributed by atoms with Crippen molar-refractivity contribution in [3.8, 4) is 0 Å². The van der Waals surface area contributed by atoms with Gasteiger partial charge in [-0.2, -0.15) is 17.7 Å². The first-order chi connectivity index (χ1) is 8.81. The van der Waals surface area contributed by atoms with E-state index in [2.05, 4.69) is 22.6 Å². The highest BCUT2D eigenvalue weighted by molar-refractivity contribution is 7.80. The lowest BCUT2D eigenvalue weighted by Gasteiger charge is -2.28. The van der Waals surface area contributed by atoms with E-state index in [1.54, 1.807) is 10.7 Å². The van der Waals surface area contributed by atoms with Crippen LogP contribution in [0.25, 0.3) is 0 Å². The number of thiol groups is 1. The second-order valence-electron chi connectivity index (χ2n) is 4.75. The number of hydrogen-bond donors (Lipinski definition) is 1. The van der Waals surface area contributed by atoms with Crippen LogP contribution in [0.3, 0.4) is 0 Å². The summed E-state index contributed by atoms with van der Waals surface area (Å²) in [5.74, 6) is 0.862. The van der Waals surface area contributed by atoms with Gasteiger partial charge in [-0.3, -0.25) is 4.79 Å². The molecule has 0 aliphatic carbocycles. The first-order valence-corrected chi connectivity index (χ1v) is 7.37. The number of piperidine rings is 1. The third-order valence-corrected chi connectivity index (χ3v) is 3.67. The summed E-state index contributed by atoms with van der Waals surface area (Å²) in [4.78, 5) is 14.2. The normalized spacial score (nSPS) is 15.9. The van der Waals surface area contributed by atoms with Crippen LogP contribution in [0.5, 0.6) is 0 Å². The molecular formula is C13H21N3OS. The van der Waals surface area contributed by atoms with Crippen molar-refractivity contribution in [1.82, 2.24) is 9.78 Å². The van der Waals surface area contributed by atoms with E-state index in [4.69, 9.17) is 0 Å². The van der Waals surface area contributed by atoms with Crippen LogP contribution in [-0.2, 0) is 6.54 Å². The van der Waals surface area contributed by atoms with E-state index in [1.807, 2.05) is 6.20 Å². The number of aromatic nitrogens is 2. The van der Waals surface area contributed by atoms with Gasteiger partial charge in [0.15, 0.2) is 0 Å². The third kappa shape index (κ3) is 3.51. The maximum Gasteiger partial charge on any atom is 0.268 e. The third-order valence-electron chi connectivity index (χ3n) is 3.35. The minimum atomic E-state index is 0.0113. The molecule has 1 aliphatic rings. The fourth-order valence-electron chi connectivity index (χ4n) is 2.29. The Morgan fingerprint density at radius 2 is 2.00 bits per heavy atom.